The molecule has 8 heteroatoms. The molecule has 1 amide bonds. The zero-order valence-electron chi connectivity index (χ0n) is 14.4. The molecule has 0 spiro atoms. The highest BCUT2D eigenvalue weighted by molar-refractivity contribution is 7.89. The molecule has 0 radical (unpaired) electrons. The molecule has 1 heterocycles. The summed E-state index contributed by atoms with van der Waals surface area (Å²) in [5.41, 5.74) is 0.954. The highest BCUT2D eigenvalue weighted by Gasteiger charge is 2.30. The van der Waals surface area contributed by atoms with E-state index in [-0.39, 0.29) is 10.8 Å². The minimum atomic E-state index is -3.67. The predicted octanol–water partition coefficient (Wildman–Crippen LogP) is 1.72. The molecule has 2 aromatic rings. The average Bonchev–Trinajstić information content (AvgIpc) is 3.31. The SMILES string of the molecule is NS(=O)(=O)c1ccc(CCNC(=O)CN(Cc2cccs2)C2CC2)cc1. The van der Waals surface area contributed by atoms with Crippen LogP contribution < -0.4 is 10.5 Å². The Kier molecular flexibility index (Phi) is 6.08. The lowest BCUT2D eigenvalue weighted by atomic mass is 10.1. The fourth-order valence-corrected chi connectivity index (χ4v) is 4.03. The van der Waals surface area contributed by atoms with Crippen LogP contribution in [0.2, 0.25) is 0 Å². The van der Waals surface area contributed by atoms with Crippen molar-refractivity contribution in [1.82, 2.24) is 10.2 Å². The summed E-state index contributed by atoms with van der Waals surface area (Å²) in [5, 5.41) is 10.1. The second kappa shape index (κ2) is 8.30. The van der Waals surface area contributed by atoms with Crippen molar-refractivity contribution in [2.75, 3.05) is 13.1 Å². The van der Waals surface area contributed by atoms with Crippen molar-refractivity contribution in [1.29, 1.82) is 0 Å². The zero-order valence-corrected chi connectivity index (χ0v) is 16.1. The van der Waals surface area contributed by atoms with E-state index in [9.17, 15) is 13.2 Å². The van der Waals surface area contributed by atoms with E-state index < -0.39 is 10.0 Å². The van der Waals surface area contributed by atoms with Gasteiger partial charge >= 0.3 is 0 Å². The number of sulfonamides is 1. The molecule has 1 aromatic carbocycles. The fourth-order valence-electron chi connectivity index (χ4n) is 2.79. The van der Waals surface area contributed by atoms with E-state index in [4.69, 9.17) is 5.14 Å². The lowest BCUT2D eigenvalue weighted by Crippen LogP contribution is -2.38. The maximum Gasteiger partial charge on any atom is 0.238 e. The normalized spacial score (nSPS) is 14.5. The number of rotatable bonds is 9. The van der Waals surface area contributed by atoms with Crippen LogP contribution in [-0.4, -0.2) is 38.4 Å². The van der Waals surface area contributed by atoms with Crippen molar-refractivity contribution in [2.24, 2.45) is 5.14 Å². The van der Waals surface area contributed by atoms with Gasteiger partial charge in [-0.15, -0.1) is 11.3 Å². The van der Waals surface area contributed by atoms with E-state index in [0.717, 1.165) is 24.9 Å². The summed E-state index contributed by atoms with van der Waals surface area (Å²) >= 11 is 1.72. The molecule has 3 rings (SSSR count). The Labute approximate surface area is 158 Å². The quantitative estimate of drug-likeness (QED) is 0.678. The van der Waals surface area contributed by atoms with Crippen LogP contribution in [0.3, 0.4) is 0 Å². The summed E-state index contributed by atoms with van der Waals surface area (Å²) in [5.74, 6) is 0.0228. The summed E-state index contributed by atoms with van der Waals surface area (Å²) in [4.78, 5) is 15.9. The van der Waals surface area contributed by atoms with Crippen LogP contribution >= 0.6 is 11.3 Å². The number of thiophene rings is 1. The summed E-state index contributed by atoms with van der Waals surface area (Å²) < 4.78 is 22.5. The Balaban J connectivity index is 1.44. The molecular formula is C18H23N3O3S2. The molecule has 0 unspecified atom stereocenters. The molecule has 1 aliphatic rings. The number of hydrogen-bond donors (Lipinski definition) is 2. The van der Waals surface area contributed by atoms with Gasteiger partial charge in [0.1, 0.15) is 0 Å². The standard InChI is InChI=1S/C18H23N3O3S2/c19-26(23,24)17-7-3-14(4-8-17)9-10-20-18(22)13-21(15-5-6-15)12-16-2-1-11-25-16/h1-4,7-8,11,15H,5-6,9-10,12-13H2,(H,20,22)(H2,19,23,24). The maximum absolute atomic E-state index is 12.2. The first-order chi connectivity index (χ1) is 12.4. The third-order valence-electron chi connectivity index (χ3n) is 4.34. The van der Waals surface area contributed by atoms with Crippen LogP contribution in [0.4, 0.5) is 0 Å². The predicted molar refractivity (Wildman–Crippen MR) is 102 cm³/mol. The Hall–Kier alpha value is -1.74. The van der Waals surface area contributed by atoms with Crippen molar-refractivity contribution >= 4 is 27.3 Å². The van der Waals surface area contributed by atoms with Crippen LogP contribution in [0.25, 0.3) is 0 Å². The molecule has 0 aliphatic heterocycles. The van der Waals surface area contributed by atoms with Gasteiger partial charge in [-0.25, -0.2) is 13.6 Å². The summed E-state index contributed by atoms with van der Waals surface area (Å²) in [7, 11) is -3.67. The van der Waals surface area contributed by atoms with E-state index >= 15 is 0 Å². The molecule has 1 aliphatic carbocycles. The molecule has 1 aromatic heterocycles. The largest absolute Gasteiger partial charge is 0.355 e. The summed E-state index contributed by atoms with van der Waals surface area (Å²) in [6, 6.07) is 11.1. The maximum atomic E-state index is 12.2. The highest BCUT2D eigenvalue weighted by Crippen LogP contribution is 2.28. The third kappa shape index (κ3) is 5.63. The van der Waals surface area contributed by atoms with Crippen LogP contribution in [0.5, 0.6) is 0 Å². The first-order valence-corrected chi connectivity index (χ1v) is 11.0. The summed E-state index contributed by atoms with van der Waals surface area (Å²) in [6.45, 7) is 1.75. The third-order valence-corrected chi connectivity index (χ3v) is 6.13. The molecule has 3 N–H and O–H groups in total. The lowest BCUT2D eigenvalue weighted by molar-refractivity contribution is -0.122. The Morgan fingerprint density at radius 3 is 2.54 bits per heavy atom. The number of carbonyl (C=O) groups is 1. The number of nitrogens with zero attached hydrogens (tertiary/aromatic N) is 1. The van der Waals surface area contributed by atoms with Gasteiger partial charge in [-0.2, -0.15) is 0 Å². The molecule has 26 heavy (non-hydrogen) atoms. The number of primary sulfonamides is 1. The van der Waals surface area contributed by atoms with Gasteiger partial charge in [-0.1, -0.05) is 18.2 Å². The first-order valence-electron chi connectivity index (χ1n) is 8.57. The molecule has 0 atom stereocenters. The number of hydrogen-bond acceptors (Lipinski definition) is 5. The van der Waals surface area contributed by atoms with Gasteiger partial charge in [0.05, 0.1) is 11.4 Å². The number of benzene rings is 1. The highest BCUT2D eigenvalue weighted by atomic mass is 32.2. The minimum absolute atomic E-state index is 0.0228. The van der Waals surface area contributed by atoms with E-state index in [2.05, 4.69) is 21.7 Å². The van der Waals surface area contributed by atoms with Crippen molar-refractivity contribution in [2.45, 2.75) is 36.7 Å². The zero-order chi connectivity index (χ0) is 18.6. The fraction of sp³-hybridized carbons (Fsp3) is 0.389. The van der Waals surface area contributed by atoms with Gasteiger partial charge in [0, 0.05) is 24.0 Å². The van der Waals surface area contributed by atoms with Crippen LogP contribution in [0, 0.1) is 0 Å². The summed E-state index contributed by atoms with van der Waals surface area (Å²) in [6.07, 6.45) is 2.97. The van der Waals surface area contributed by atoms with Crippen LogP contribution in [-0.2, 0) is 27.8 Å². The lowest BCUT2D eigenvalue weighted by Gasteiger charge is -2.20. The number of amides is 1. The molecule has 0 bridgehead atoms. The van der Waals surface area contributed by atoms with Crippen LogP contribution in [0.1, 0.15) is 23.3 Å². The van der Waals surface area contributed by atoms with Gasteiger partial charge in [0.2, 0.25) is 15.9 Å². The topological polar surface area (TPSA) is 92.5 Å². The van der Waals surface area contributed by atoms with Gasteiger partial charge < -0.3 is 5.32 Å². The van der Waals surface area contributed by atoms with Crippen LogP contribution in [0.15, 0.2) is 46.7 Å². The first kappa shape index (κ1) is 19.0. The molecule has 6 nitrogen and oxygen atoms in total. The van der Waals surface area contributed by atoms with E-state index in [1.807, 2.05) is 6.07 Å². The van der Waals surface area contributed by atoms with Crippen molar-refractivity contribution in [3.63, 3.8) is 0 Å². The Bertz CT molecular complexity index is 829. The van der Waals surface area contributed by atoms with Crippen molar-refractivity contribution < 1.29 is 13.2 Å². The van der Waals surface area contributed by atoms with Crippen molar-refractivity contribution in [3.05, 3.63) is 52.2 Å². The van der Waals surface area contributed by atoms with E-state index in [1.54, 1.807) is 23.5 Å². The van der Waals surface area contributed by atoms with Gasteiger partial charge in [0.15, 0.2) is 0 Å². The second-order valence-corrected chi connectivity index (χ2v) is 9.10. The molecule has 1 saturated carbocycles. The molecular weight excluding hydrogens is 370 g/mol. The minimum Gasteiger partial charge on any atom is -0.355 e. The second-order valence-electron chi connectivity index (χ2n) is 6.50. The number of carbonyl (C=O) groups excluding carboxylic acids is 1. The van der Waals surface area contributed by atoms with Gasteiger partial charge in [-0.05, 0) is 48.4 Å². The monoisotopic (exact) mass is 393 g/mol. The molecule has 140 valence electrons. The van der Waals surface area contributed by atoms with E-state index in [1.165, 1.54) is 17.0 Å². The number of nitrogens with two attached hydrogens (primary N) is 1. The average molecular weight is 394 g/mol. The van der Waals surface area contributed by atoms with E-state index in [0.29, 0.717) is 25.6 Å². The Morgan fingerprint density at radius 1 is 1.23 bits per heavy atom. The smallest absolute Gasteiger partial charge is 0.238 e. The molecule has 1 fully saturated rings. The Morgan fingerprint density at radius 2 is 1.96 bits per heavy atom. The van der Waals surface area contributed by atoms with Gasteiger partial charge in [0.25, 0.3) is 0 Å². The number of nitrogens with one attached hydrogen (secondary N) is 1. The van der Waals surface area contributed by atoms with Gasteiger partial charge in [-0.3, -0.25) is 9.69 Å². The molecule has 0 saturated heterocycles. The van der Waals surface area contributed by atoms with Crippen molar-refractivity contribution in [3.8, 4) is 0 Å².